The molecule has 96 valence electrons. The van der Waals surface area contributed by atoms with E-state index in [-0.39, 0.29) is 6.04 Å². The Labute approximate surface area is 109 Å². The lowest BCUT2D eigenvalue weighted by Crippen LogP contribution is -2.20. The molecule has 1 aromatic carbocycles. The Kier molecular flexibility index (Phi) is 4.04. The Morgan fingerprint density at radius 2 is 2.17 bits per heavy atom. The summed E-state index contributed by atoms with van der Waals surface area (Å²) in [5.74, 6) is -1.60. The number of hydrogen-bond donors (Lipinski definition) is 1. The molecule has 2 nitrogen and oxygen atoms in total. The lowest BCUT2D eigenvalue weighted by molar-refractivity contribution is 0.473. The molecule has 0 spiro atoms. The number of halogens is 2. The number of thiazole rings is 1. The zero-order valence-corrected chi connectivity index (χ0v) is 11.0. The van der Waals surface area contributed by atoms with E-state index < -0.39 is 11.6 Å². The van der Waals surface area contributed by atoms with Crippen LogP contribution >= 0.6 is 11.3 Å². The van der Waals surface area contributed by atoms with Gasteiger partial charge < -0.3 is 5.32 Å². The second-order valence-corrected chi connectivity index (χ2v) is 5.01. The van der Waals surface area contributed by atoms with E-state index in [9.17, 15) is 8.78 Å². The van der Waals surface area contributed by atoms with Crippen molar-refractivity contribution >= 4 is 11.3 Å². The predicted octanol–water partition coefficient (Wildman–Crippen LogP) is 3.23. The summed E-state index contributed by atoms with van der Waals surface area (Å²) in [4.78, 5) is 4.34. The summed E-state index contributed by atoms with van der Waals surface area (Å²) in [7, 11) is 1.73. The fourth-order valence-corrected chi connectivity index (χ4v) is 2.65. The van der Waals surface area contributed by atoms with Crippen molar-refractivity contribution < 1.29 is 8.78 Å². The van der Waals surface area contributed by atoms with E-state index in [1.165, 1.54) is 17.4 Å². The van der Waals surface area contributed by atoms with Crippen LogP contribution in [0, 0.1) is 18.6 Å². The Hall–Kier alpha value is -1.33. The zero-order chi connectivity index (χ0) is 13.1. The number of likely N-dealkylation sites (N-methyl/N-ethyl adjacent to an activating group) is 1. The van der Waals surface area contributed by atoms with Crippen molar-refractivity contribution in [3.63, 3.8) is 0 Å². The molecule has 0 aliphatic heterocycles. The molecule has 1 N–H and O–H groups in total. The van der Waals surface area contributed by atoms with Gasteiger partial charge in [-0.2, -0.15) is 0 Å². The van der Waals surface area contributed by atoms with Crippen LogP contribution in [0.15, 0.2) is 23.6 Å². The Bertz CT molecular complexity index is 540. The van der Waals surface area contributed by atoms with Crippen molar-refractivity contribution in [3.05, 3.63) is 51.5 Å². The summed E-state index contributed by atoms with van der Waals surface area (Å²) < 4.78 is 26.9. The molecule has 0 radical (unpaired) electrons. The zero-order valence-electron chi connectivity index (χ0n) is 10.2. The van der Waals surface area contributed by atoms with E-state index in [0.29, 0.717) is 12.0 Å². The van der Waals surface area contributed by atoms with Crippen LogP contribution in [0.4, 0.5) is 8.78 Å². The largest absolute Gasteiger partial charge is 0.313 e. The van der Waals surface area contributed by atoms with E-state index in [1.807, 2.05) is 12.3 Å². The van der Waals surface area contributed by atoms with Crippen LogP contribution in [0.2, 0.25) is 0 Å². The van der Waals surface area contributed by atoms with Crippen LogP contribution in [0.5, 0.6) is 0 Å². The number of aryl methyl sites for hydroxylation is 1. The first kappa shape index (κ1) is 13.1. The molecule has 0 amide bonds. The van der Waals surface area contributed by atoms with Crippen LogP contribution in [0.1, 0.15) is 22.3 Å². The minimum atomic E-state index is -0.817. The maximum absolute atomic E-state index is 13.7. The van der Waals surface area contributed by atoms with Gasteiger partial charge in [0.2, 0.25) is 0 Å². The molecular formula is C13H14F2N2S. The number of hydrogen-bond acceptors (Lipinski definition) is 3. The molecular weight excluding hydrogens is 254 g/mol. The quantitative estimate of drug-likeness (QED) is 0.921. The van der Waals surface area contributed by atoms with Gasteiger partial charge in [0, 0.05) is 29.1 Å². The third-order valence-corrected chi connectivity index (χ3v) is 3.74. The van der Waals surface area contributed by atoms with Crippen molar-refractivity contribution in [2.75, 3.05) is 7.05 Å². The Morgan fingerprint density at radius 1 is 1.39 bits per heavy atom. The molecule has 18 heavy (non-hydrogen) atoms. The first-order valence-corrected chi connectivity index (χ1v) is 6.52. The lowest BCUT2D eigenvalue weighted by atomic mass is 10.0. The Morgan fingerprint density at radius 3 is 2.78 bits per heavy atom. The molecule has 1 unspecified atom stereocenters. The van der Waals surface area contributed by atoms with Crippen molar-refractivity contribution in [2.24, 2.45) is 0 Å². The molecule has 1 aromatic heterocycles. The summed E-state index contributed by atoms with van der Waals surface area (Å²) in [5.41, 5.74) is 1.29. The number of nitrogens with zero attached hydrogens (tertiary/aromatic N) is 1. The fourth-order valence-electron chi connectivity index (χ4n) is 1.83. The SMILES string of the molecule is CNC(Cc1nc(C)cs1)c1cccc(F)c1F. The fraction of sp³-hybridized carbons (Fsp3) is 0.308. The van der Waals surface area contributed by atoms with Crippen LogP contribution in [0.25, 0.3) is 0 Å². The maximum Gasteiger partial charge on any atom is 0.163 e. The van der Waals surface area contributed by atoms with Gasteiger partial charge in [0.05, 0.1) is 5.01 Å². The molecule has 2 aromatic rings. The average Bonchev–Trinajstić information content (AvgIpc) is 2.76. The normalized spacial score (nSPS) is 12.7. The van der Waals surface area contributed by atoms with Crippen LogP contribution in [0.3, 0.4) is 0 Å². The molecule has 2 rings (SSSR count). The van der Waals surface area contributed by atoms with Gasteiger partial charge in [-0.05, 0) is 20.0 Å². The van der Waals surface area contributed by atoms with Gasteiger partial charge in [0.15, 0.2) is 11.6 Å². The highest BCUT2D eigenvalue weighted by molar-refractivity contribution is 7.09. The summed E-state index contributed by atoms with van der Waals surface area (Å²) in [6, 6.07) is 3.97. The summed E-state index contributed by atoms with van der Waals surface area (Å²) in [6.45, 7) is 1.91. The van der Waals surface area contributed by atoms with E-state index >= 15 is 0 Å². The van der Waals surface area contributed by atoms with E-state index in [4.69, 9.17) is 0 Å². The minimum absolute atomic E-state index is 0.272. The highest BCUT2D eigenvalue weighted by atomic mass is 32.1. The second kappa shape index (κ2) is 5.54. The topological polar surface area (TPSA) is 24.9 Å². The van der Waals surface area contributed by atoms with Crippen molar-refractivity contribution in [1.82, 2.24) is 10.3 Å². The maximum atomic E-state index is 13.7. The lowest BCUT2D eigenvalue weighted by Gasteiger charge is -2.16. The van der Waals surface area contributed by atoms with E-state index in [1.54, 1.807) is 13.1 Å². The van der Waals surface area contributed by atoms with Gasteiger partial charge in [-0.1, -0.05) is 12.1 Å². The number of nitrogens with one attached hydrogen (secondary N) is 1. The van der Waals surface area contributed by atoms with Crippen LogP contribution in [-0.2, 0) is 6.42 Å². The highest BCUT2D eigenvalue weighted by Crippen LogP contribution is 2.24. The smallest absolute Gasteiger partial charge is 0.163 e. The van der Waals surface area contributed by atoms with Gasteiger partial charge in [-0.3, -0.25) is 0 Å². The molecule has 1 atom stereocenters. The summed E-state index contributed by atoms with van der Waals surface area (Å²) in [6.07, 6.45) is 0.551. The van der Waals surface area contributed by atoms with Crippen molar-refractivity contribution in [1.29, 1.82) is 0 Å². The summed E-state index contributed by atoms with van der Waals surface area (Å²) in [5, 5.41) is 5.87. The third kappa shape index (κ3) is 2.73. The van der Waals surface area contributed by atoms with Crippen LogP contribution < -0.4 is 5.32 Å². The molecule has 0 fully saturated rings. The van der Waals surface area contributed by atoms with Gasteiger partial charge in [-0.15, -0.1) is 11.3 Å². The molecule has 5 heteroatoms. The monoisotopic (exact) mass is 268 g/mol. The number of rotatable bonds is 4. The first-order valence-electron chi connectivity index (χ1n) is 5.64. The highest BCUT2D eigenvalue weighted by Gasteiger charge is 2.18. The van der Waals surface area contributed by atoms with Gasteiger partial charge in [-0.25, -0.2) is 13.8 Å². The predicted molar refractivity (Wildman–Crippen MR) is 68.7 cm³/mol. The van der Waals surface area contributed by atoms with Crippen LogP contribution in [-0.4, -0.2) is 12.0 Å². The van der Waals surface area contributed by atoms with Gasteiger partial charge >= 0.3 is 0 Å². The molecule has 0 saturated heterocycles. The molecule has 0 saturated carbocycles. The molecule has 0 bridgehead atoms. The summed E-state index contributed by atoms with van der Waals surface area (Å²) >= 11 is 1.53. The molecule has 0 aliphatic rings. The standard InChI is InChI=1S/C13H14F2N2S/c1-8-7-18-12(17-8)6-11(16-2)9-4-3-5-10(14)13(9)15/h3-5,7,11,16H,6H2,1-2H3. The number of benzene rings is 1. The number of aromatic nitrogens is 1. The Balaban J connectivity index is 2.25. The third-order valence-electron chi connectivity index (χ3n) is 2.75. The van der Waals surface area contributed by atoms with Crippen molar-refractivity contribution in [3.8, 4) is 0 Å². The average molecular weight is 268 g/mol. The van der Waals surface area contributed by atoms with E-state index in [0.717, 1.165) is 16.8 Å². The minimum Gasteiger partial charge on any atom is -0.313 e. The van der Waals surface area contributed by atoms with Gasteiger partial charge in [0.1, 0.15) is 0 Å². The second-order valence-electron chi connectivity index (χ2n) is 4.07. The van der Waals surface area contributed by atoms with Crippen molar-refractivity contribution in [2.45, 2.75) is 19.4 Å². The van der Waals surface area contributed by atoms with E-state index in [2.05, 4.69) is 10.3 Å². The molecule has 1 heterocycles. The first-order chi connectivity index (χ1) is 8.61. The van der Waals surface area contributed by atoms with Gasteiger partial charge in [0.25, 0.3) is 0 Å². The molecule has 0 aliphatic carbocycles.